The molecule has 0 aromatic heterocycles. The van der Waals surface area contributed by atoms with E-state index in [9.17, 15) is 15.0 Å². The number of phenols is 2. The van der Waals surface area contributed by atoms with Gasteiger partial charge in [0, 0.05) is 11.8 Å². The minimum absolute atomic E-state index is 0.186. The van der Waals surface area contributed by atoms with Gasteiger partial charge in [0.15, 0.2) is 23.0 Å². The SMILES string of the molecule is O=C1c2ccccc2NC(c2ccc(O)c(O)c2)N1c1ccc2c(c1)OCCO2. The topological polar surface area (TPSA) is 91.3 Å². The largest absolute Gasteiger partial charge is 0.504 e. The molecule has 0 saturated heterocycles. The van der Waals surface area contributed by atoms with Crippen molar-refractivity contribution in [2.24, 2.45) is 0 Å². The Balaban J connectivity index is 1.64. The van der Waals surface area contributed by atoms with Crippen molar-refractivity contribution in [2.45, 2.75) is 6.17 Å². The van der Waals surface area contributed by atoms with E-state index in [1.165, 1.54) is 12.1 Å². The Morgan fingerprint density at radius 2 is 1.69 bits per heavy atom. The smallest absolute Gasteiger partial charge is 0.262 e. The normalized spacial score (nSPS) is 17.4. The van der Waals surface area contributed by atoms with Crippen LogP contribution >= 0.6 is 0 Å². The summed E-state index contributed by atoms with van der Waals surface area (Å²) in [5.74, 6) is 0.554. The minimum Gasteiger partial charge on any atom is -0.504 e. The van der Waals surface area contributed by atoms with Crippen molar-refractivity contribution >= 4 is 17.3 Å². The molecule has 1 amide bonds. The molecule has 0 saturated carbocycles. The van der Waals surface area contributed by atoms with E-state index in [0.717, 1.165) is 0 Å². The number of carbonyl (C=O) groups excluding carboxylic acids is 1. The number of nitrogens with one attached hydrogen (secondary N) is 1. The van der Waals surface area contributed by atoms with Gasteiger partial charge >= 0.3 is 0 Å². The van der Waals surface area contributed by atoms with Crippen molar-refractivity contribution in [1.82, 2.24) is 0 Å². The number of aromatic hydroxyl groups is 2. The standard InChI is InChI=1S/C22H18N2O5/c25-17-7-5-13(11-18(17)26)21-23-16-4-2-1-3-15(16)22(27)24(21)14-6-8-19-20(12-14)29-10-9-28-19/h1-8,11-12,21,23,25-26H,9-10H2. The maximum Gasteiger partial charge on any atom is 0.262 e. The predicted octanol–water partition coefficient (Wildman–Crippen LogP) is 3.64. The molecule has 2 aliphatic heterocycles. The third-order valence-electron chi connectivity index (χ3n) is 5.05. The quantitative estimate of drug-likeness (QED) is 0.579. The van der Waals surface area contributed by atoms with Gasteiger partial charge in [-0.3, -0.25) is 9.69 Å². The first-order valence-electron chi connectivity index (χ1n) is 9.22. The maximum atomic E-state index is 13.4. The Bertz CT molecular complexity index is 1110. The zero-order valence-electron chi connectivity index (χ0n) is 15.3. The lowest BCUT2D eigenvalue weighted by atomic mass is 10.0. The highest BCUT2D eigenvalue weighted by molar-refractivity contribution is 6.12. The van der Waals surface area contributed by atoms with Crippen LogP contribution in [-0.2, 0) is 0 Å². The fraction of sp³-hybridized carbons (Fsp3) is 0.136. The van der Waals surface area contributed by atoms with Crippen LogP contribution in [0, 0.1) is 0 Å². The van der Waals surface area contributed by atoms with Crippen LogP contribution in [0.15, 0.2) is 60.7 Å². The molecule has 0 spiro atoms. The van der Waals surface area contributed by atoms with Gasteiger partial charge in [-0.2, -0.15) is 0 Å². The third kappa shape index (κ3) is 2.87. The van der Waals surface area contributed by atoms with Gasteiger partial charge in [-0.25, -0.2) is 0 Å². The van der Waals surface area contributed by atoms with Gasteiger partial charge in [-0.15, -0.1) is 0 Å². The number of para-hydroxylation sites is 1. The molecule has 7 heteroatoms. The van der Waals surface area contributed by atoms with Gasteiger partial charge < -0.3 is 25.0 Å². The molecule has 146 valence electrons. The van der Waals surface area contributed by atoms with Crippen molar-refractivity contribution in [3.05, 3.63) is 71.8 Å². The summed E-state index contributed by atoms with van der Waals surface area (Å²) in [6.45, 7) is 0.931. The Kier molecular flexibility index (Phi) is 3.94. The first-order valence-corrected chi connectivity index (χ1v) is 9.22. The number of carbonyl (C=O) groups is 1. The summed E-state index contributed by atoms with van der Waals surface area (Å²) in [6, 6.07) is 17.1. The Morgan fingerprint density at radius 1 is 0.897 bits per heavy atom. The average molecular weight is 390 g/mol. The summed E-state index contributed by atoms with van der Waals surface area (Å²) in [4.78, 5) is 15.0. The van der Waals surface area contributed by atoms with E-state index in [0.29, 0.717) is 47.2 Å². The molecular weight excluding hydrogens is 372 g/mol. The van der Waals surface area contributed by atoms with Gasteiger partial charge in [-0.05, 0) is 42.0 Å². The summed E-state index contributed by atoms with van der Waals surface area (Å²) in [7, 11) is 0. The van der Waals surface area contributed by atoms with Gasteiger partial charge in [0.2, 0.25) is 0 Å². The predicted molar refractivity (Wildman–Crippen MR) is 107 cm³/mol. The molecule has 1 atom stereocenters. The molecule has 7 nitrogen and oxygen atoms in total. The molecule has 5 rings (SSSR count). The summed E-state index contributed by atoms with van der Waals surface area (Å²) >= 11 is 0. The second kappa shape index (κ2) is 6.63. The summed E-state index contributed by atoms with van der Waals surface area (Å²) in [5, 5.41) is 23.0. The lowest BCUT2D eigenvalue weighted by Gasteiger charge is -2.38. The lowest BCUT2D eigenvalue weighted by molar-refractivity contribution is 0.0974. The Hall–Kier alpha value is -3.87. The van der Waals surface area contributed by atoms with E-state index in [-0.39, 0.29) is 17.4 Å². The van der Waals surface area contributed by atoms with Crippen molar-refractivity contribution in [3.8, 4) is 23.0 Å². The van der Waals surface area contributed by atoms with E-state index in [4.69, 9.17) is 9.47 Å². The second-order valence-corrected chi connectivity index (χ2v) is 6.84. The lowest BCUT2D eigenvalue weighted by Crippen LogP contribution is -2.43. The van der Waals surface area contributed by atoms with Crippen LogP contribution in [0.2, 0.25) is 0 Å². The number of fused-ring (bicyclic) bond motifs is 2. The number of nitrogens with zero attached hydrogens (tertiary/aromatic N) is 1. The molecule has 2 heterocycles. The molecule has 0 radical (unpaired) electrons. The first-order chi connectivity index (χ1) is 14.1. The number of ether oxygens (including phenoxy) is 2. The van der Waals surface area contributed by atoms with E-state index in [1.807, 2.05) is 18.2 Å². The monoisotopic (exact) mass is 390 g/mol. The number of phenolic OH excluding ortho intramolecular Hbond substituents is 2. The van der Waals surface area contributed by atoms with Crippen LogP contribution in [-0.4, -0.2) is 29.3 Å². The van der Waals surface area contributed by atoms with Crippen molar-refractivity contribution in [2.75, 3.05) is 23.4 Å². The Morgan fingerprint density at radius 3 is 2.52 bits per heavy atom. The molecular formula is C22H18N2O5. The molecule has 2 aliphatic rings. The molecule has 3 N–H and O–H groups in total. The third-order valence-corrected chi connectivity index (χ3v) is 5.05. The number of benzene rings is 3. The molecule has 1 unspecified atom stereocenters. The van der Waals surface area contributed by atoms with Crippen molar-refractivity contribution in [1.29, 1.82) is 0 Å². The summed E-state index contributed by atoms with van der Waals surface area (Å²) < 4.78 is 11.3. The highest BCUT2D eigenvalue weighted by Crippen LogP contribution is 2.41. The van der Waals surface area contributed by atoms with Gasteiger partial charge in [0.05, 0.1) is 11.3 Å². The van der Waals surface area contributed by atoms with Crippen LogP contribution in [0.1, 0.15) is 22.1 Å². The van der Waals surface area contributed by atoms with E-state index >= 15 is 0 Å². The number of rotatable bonds is 2. The summed E-state index contributed by atoms with van der Waals surface area (Å²) in [6.07, 6.45) is -0.591. The van der Waals surface area contributed by atoms with Gasteiger partial charge in [0.25, 0.3) is 5.91 Å². The number of amides is 1. The van der Waals surface area contributed by atoms with Crippen molar-refractivity contribution < 1.29 is 24.5 Å². The molecule has 29 heavy (non-hydrogen) atoms. The highest BCUT2D eigenvalue weighted by atomic mass is 16.6. The first kappa shape index (κ1) is 17.2. The molecule has 0 fully saturated rings. The van der Waals surface area contributed by atoms with Crippen molar-refractivity contribution in [3.63, 3.8) is 0 Å². The molecule has 3 aromatic carbocycles. The van der Waals surface area contributed by atoms with Crippen LogP contribution in [0.4, 0.5) is 11.4 Å². The van der Waals surface area contributed by atoms with Crippen LogP contribution in [0.5, 0.6) is 23.0 Å². The zero-order chi connectivity index (χ0) is 20.0. The fourth-order valence-corrected chi connectivity index (χ4v) is 3.65. The average Bonchev–Trinajstić information content (AvgIpc) is 2.75. The molecule has 0 aliphatic carbocycles. The van der Waals surface area contributed by atoms with Crippen LogP contribution < -0.4 is 19.7 Å². The zero-order valence-corrected chi connectivity index (χ0v) is 15.3. The summed E-state index contributed by atoms with van der Waals surface area (Å²) in [5.41, 5.74) is 2.49. The fourth-order valence-electron chi connectivity index (χ4n) is 3.65. The van der Waals surface area contributed by atoms with Gasteiger partial charge in [0.1, 0.15) is 19.4 Å². The van der Waals surface area contributed by atoms with Crippen LogP contribution in [0.3, 0.4) is 0 Å². The van der Waals surface area contributed by atoms with E-state index < -0.39 is 6.17 Å². The Labute approximate surface area is 166 Å². The number of anilines is 2. The maximum absolute atomic E-state index is 13.4. The number of hydrogen-bond donors (Lipinski definition) is 3. The van der Waals surface area contributed by atoms with E-state index in [2.05, 4.69) is 5.32 Å². The van der Waals surface area contributed by atoms with E-state index in [1.54, 1.807) is 35.2 Å². The number of hydrogen-bond acceptors (Lipinski definition) is 6. The molecule has 0 bridgehead atoms. The molecule has 3 aromatic rings. The van der Waals surface area contributed by atoms with Gasteiger partial charge in [-0.1, -0.05) is 18.2 Å². The highest BCUT2D eigenvalue weighted by Gasteiger charge is 2.35. The second-order valence-electron chi connectivity index (χ2n) is 6.84. The minimum atomic E-state index is -0.591. The van der Waals surface area contributed by atoms with Crippen LogP contribution in [0.25, 0.3) is 0 Å².